The molecule has 0 N–H and O–H groups in total. The Kier molecular flexibility index (Phi) is 3.62. The van der Waals surface area contributed by atoms with Crippen LogP contribution in [0, 0.1) is 5.92 Å². The standard InChI is InChI=1S/C9H9BrFN3O3S/c10-7-2-8(13-5-12-7)14-3-6(1-9(14)15)4-18(11,16)17/h2,5-6H,1,3-4H2. The lowest BCUT2D eigenvalue weighted by Gasteiger charge is -2.14. The van der Waals surface area contributed by atoms with E-state index in [1.165, 1.54) is 11.2 Å². The van der Waals surface area contributed by atoms with Gasteiger partial charge in [-0.25, -0.2) is 9.97 Å². The number of anilines is 1. The molecule has 1 amide bonds. The monoisotopic (exact) mass is 337 g/mol. The summed E-state index contributed by atoms with van der Waals surface area (Å²) in [6, 6.07) is 1.55. The van der Waals surface area contributed by atoms with E-state index >= 15 is 0 Å². The summed E-state index contributed by atoms with van der Waals surface area (Å²) in [5.41, 5.74) is 0. The van der Waals surface area contributed by atoms with Crippen LogP contribution in [-0.4, -0.2) is 36.6 Å². The predicted molar refractivity (Wildman–Crippen MR) is 65.1 cm³/mol. The molecule has 98 valence electrons. The minimum absolute atomic E-state index is 0.00473. The van der Waals surface area contributed by atoms with E-state index in [0.29, 0.717) is 10.4 Å². The van der Waals surface area contributed by atoms with E-state index in [1.807, 2.05) is 0 Å². The summed E-state index contributed by atoms with van der Waals surface area (Å²) < 4.78 is 34.2. The van der Waals surface area contributed by atoms with Crippen molar-refractivity contribution in [3.05, 3.63) is 17.0 Å². The fourth-order valence-corrected chi connectivity index (χ4v) is 2.95. The van der Waals surface area contributed by atoms with Crippen molar-refractivity contribution in [3.63, 3.8) is 0 Å². The van der Waals surface area contributed by atoms with Crippen LogP contribution in [0.4, 0.5) is 9.70 Å². The van der Waals surface area contributed by atoms with Crippen molar-refractivity contribution in [1.82, 2.24) is 9.97 Å². The van der Waals surface area contributed by atoms with Gasteiger partial charge < -0.3 is 0 Å². The molecule has 1 aromatic heterocycles. The third-order valence-electron chi connectivity index (χ3n) is 2.54. The Hall–Kier alpha value is -1.09. The molecule has 1 aromatic rings. The van der Waals surface area contributed by atoms with Crippen molar-refractivity contribution in [1.29, 1.82) is 0 Å². The topological polar surface area (TPSA) is 80.2 Å². The summed E-state index contributed by atoms with van der Waals surface area (Å²) >= 11 is 3.15. The highest BCUT2D eigenvalue weighted by molar-refractivity contribution is 9.10. The molecule has 1 unspecified atom stereocenters. The van der Waals surface area contributed by atoms with E-state index in [0.717, 1.165) is 0 Å². The largest absolute Gasteiger partial charge is 0.302 e. The van der Waals surface area contributed by atoms with Crippen molar-refractivity contribution < 1.29 is 17.1 Å². The molecule has 0 spiro atoms. The molecule has 9 heteroatoms. The Balaban J connectivity index is 2.15. The summed E-state index contributed by atoms with van der Waals surface area (Å²) in [4.78, 5) is 20.8. The van der Waals surface area contributed by atoms with Crippen LogP contribution in [-0.2, 0) is 15.0 Å². The Morgan fingerprint density at radius 1 is 1.50 bits per heavy atom. The molecule has 18 heavy (non-hydrogen) atoms. The molecule has 0 aromatic carbocycles. The summed E-state index contributed by atoms with van der Waals surface area (Å²) in [5.74, 6) is -1.07. The number of carbonyl (C=O) groups is 1. The molecule has 2 rings (SSSR count). The third-order valence-corrected chi connectivity index (χ3v) is 3.84. The Bertz CT molecular complexity index is 580. The van der Waals surface area contributed by atoms with Crippen molar-refractivity contribution >= 4 is 37.9 Å². The highest BCUT2D eigenvalue weighted by Gasteiger charge is 2.34. The number of amides is 1. The minimum atomic E-state index is -4.57. The zero-order valence-electron chi connectivity index (χ0n) is 9.08. The summed E-state index contributed by atoms with van der Waals surface area (Å²) in [5, 5.41) is 0. The van der Waals surface area contributed by atoms with Crippen LogP contribution in [0.15, 0.2) is 17.0 Å². The van der Waals surface area contributed by atoms with Crippen molar-refractivity contribution in [2.45, 2.75) is 6.42 Å². The molecular formula is C9H9BrFN3O3S. The number of nitrogens with zero attached hydrogens (tertiary/aromatic N) is 3. The summed E-state index contributed by atoms with van der Waals surface area (Å²) in [6.45, 7) is 0.144. The maximum Gasteiger partial charge on any atom is 0.302 e. The van der Waals surface area contributed by atoms with Crippen LogP contribution >= 0.6 is 15.9 Å². The molecule has 1 aliphatic rings. The van der Waals surface area contributed by atoms with Crippen molar-refractivity contribution in [2.75, 3.05) is 17.2 Å². The number of hydrogen-bond acceptors (Lipinski definition) is 5. The summed E-state index contributed by atoms with van der Waals surface area (Å²) in [7, 11) is -4.57. The molecule has 1 fully saturated rings. The first kappa shape index (κ1) is 13.3. The van der Waals surface area contributed by atoms with Gasteiger partial charge in [-0.2, -0.15) is 8.42 Å². The molecule has 6 nitrogen and oxygen atoms in total. The zero-order chi connectivity index (χ0) is 13.3. The quantitative estimate of drug-likeness (QED) is 0.604. The molecule has 0 bridgehead atoms. The Labute approximate surface area is 112 Å². The first-order valence-electron chi connectivity index (χ1n) is 5.05. The average Bonchev–Trinajstić information content (AvgIpc) is 2.56. The van der Waals surface area contributed by atoms with Crippen molar-refractivity contribution in [3.8, 4) is 0 Å². The maximum absolute atomic E-state index is 12.6. The second-order valence-electron chi connectivity index (χ2n) is 3.98. The molecule has 1 atom stereocenters. The minimum Gasteiger partial charge on any atom is -0.296 e. The van der Waals surface area contributed by atoms with E-state index < -0.39 is 21.9 Å². The van der Waals surface area contributed by atoms with Gasteiger partial charge in [-0.3, -0.25) is 9.69 Å². The van der Waals surface area contributed by atoms with E-state index in [9.17, 15) is 17.1 Å². The van der Waals surface area contributed by atoms with Gasteiger partial charge in [0.1, 0.15) is 16.7 Å². The first-order valence-corrected chi connectivity index (χ1v) is 7.40. The van der Waals surface area contributed by atoms with Gasteiger partial charge in [0.05, 0.1) is 5.75 Å². The summed E-state index contributed by atoms with van der Waals surface area (Å²) in [6.07, 6.45) is 1.29. The van der Waals surface area contributed by atoms with E-state index in [4.69, 9.17) is 0 Å². The van der Waals surface area contributed by atoms with Crippen LogP contribution in [0.5, 0.6) is 0 Å². The molecule has 0 saturated carbocycles. The van der Waals surface area contributed by atoms with Crippen LogP contribution in [0.25, 0.3) is 0 Å². The molecule has 0 aliphatic carbocycles. The normalized spacial score (nSPS) is 20.4. The first-order chi connectivity index (χ1) is 8.35. The number of hydrogen-bond donors (Lipinski definition) is 0. The van der Waals surface area contributed by atoms with Gasteiger partial charge in [-0.15, -0.1) is 3.89 Å². The van der Waals surface area contributed by atoms with E-state index in [-0.39, 0.29) is 18.9 Å². The number of carbonyl (C=O) groups excluding carboxylic acids is 1. The second-order valence-corrected chi connectivity index (χ2v) is 6.20. The lowest BCUT2D eigenvalue weighted by atomic mass is 10.1. The SMILES string of the molecule is O=C1CC(CS(=O)(=O)F)CN1c1cc(Br)ncn1. The number of halogens is 2. The maximum atomic E-state index is 12.6. The second kappa shape index (κ2) is 4.88. The number of aromatic nitrogens is 2. The fourth-order valence-electron chi connectivity index (χ4n) is 1.87. The smallest absolute Gasteiger partial charge is 0.296 e. The molecular weight excluding hydrogens is 329 g/mol. The zero-order valence-corrected chi connectivity index (χ0v) is 11.5. The van der Waals surface area contributed by atoms with Gasteiger partial charge in [0, 0.05) is 24.9 Å². The fraction of sp³-hybridized carbons (Fsp3) is 0.444. The van der Waals surface area contributed by atoms with Gasteiger partial charge >= 0.3 is 10.2 Å². The molecule has 0 radical (unpaired) electrons. The molecule has 2 heterocycles. The molecule has 1 saturated heterocycles. The van der Waals surface area contributed by atoms with Gasteiger partial charge in [0.15, 0.2) is 0 Å². The number of rotatable bonds is 3. The Morgan fingerprint density at radius 2 is 2.22 bits per heavy atom. The van der Waals surface area contributed by atoms with Gasteiger partial charge in [0.2, 0.25) is 5.91 Å². The lowest BCUT2D eigenvalue weighted by Crippen LogP contribution is -2.26. The highest BCUT2D eigenvalue weighted by Crippen LogP contribution is 2.25. The third kappa shape index (κ3) is 3.22. The highest BCUT2D eigenvalue weighted by atomic mass is 79.9. The van der Waals surface area contributed by atoms with Gasteiger partial charge in [-0.1, -0.05) is 0 Å². The lowest BCUT2D eigenvalue weighted by molar-refractivity contribution is -0.117. The van der Waals surface area contributed by atoms with Crippen LogP contribution in [0.3, 0.4) is 0 Å². The van der Waals surface area contributed by atoms with E-state index in [2.05, 4.69) is 25.9 Å². The van der Waals surface area contributed by atoms with Crippen molar-refractivity contribution in [2.24, 2.45) is 5.92 Å². The van der Waals surface area contributed by atoms with E-state index in [1.54, 1.807) is 6.07 Å². The molecule has 1 aliphatic heterocycles. The Morgan fingerprint density at radius 3 is 2.83 bits per heavy atom. The average molecular weight is 338 g/mol. The van der Waals surface area contributed by atoms with Crippen LogP contribution in [0.2, 0.25) is 0 Å². The van der Waals surface area contributed by atoms with Crippen LogP contribution in [0.1, 0.15) is 6.42 Å². The van der Waals surface area contributed by atoms with Gasteiger partial charge in [-0.05, 0) is 15.9 Å². The predicted octanol–water partition coefficient (Wildman–Crippen LogP) is 0.891. The van der Waals surface area contributed by atoms with Gasteiger partial charge in [0.25, 0.3) is 0 Å². The van der Waals surface area contributed by atoms with Crippen LogP contribution < -0.4 is 4.90 Å².